The summed E-state index contributed by atoms with van der Waals surface area (Å²) in [5, 5.41) is 19.9. The lowest BCUT2D eigenvalue weighted by Crippen LogP contribution is -2.28. The topological polar surface area (TPSA) is 92.2 Å². The van der Waals surface area contributed by atoms with Gasteiger partial charge in [0.1, 0.15) is 5.82 Å². The summed E-state index contributed by atoms with van der Waals surface area (Å²) in [4.78, 5) is 4.60. The normalized spacial score (nSPS) is 15.4. The van der Waals surface area contributed by atoms with Gasteiger partial charge in [-0.15, -0.1) is 5.10 Å². The summed E-state index contributed by atoms with van der Waals surface area (Å²) in [5.41, 5.74) is 3.70. The van der Waals surface area contributed by atoms with E-state index in [4.69, 9.17) is 4.74 Å². The largest absolute Gasteiger partial charge is 0.381 e. The molecule has 0 saturated carbocycles. The second kappa shape index (κ2) is 6.55. The highest BCUT2D eigenvalue weighted by atomic mass is 16.5. The molecule has 4 heterocycles. The van der Waals surface area contributed by atoms with E-state index in [1.54, 1.807) is 0 Å². The Morgan fingerprint density at radius 1 is 1.19 bits per heavy atom. The molecular formula is C19H21N7O. The average Bonchev–Trinajstić information content (AvgIpc) is 3.26. The van der Waals surface area contributed by atoms with E-state index in [9.17, 15) is 0 Å². The van der Waals surface area contributed by atoms with Gasteiger partial charge in [0.05, 0.1) is 11.2 Å². The van der Waals surface area contributed by atoms with Crippen molar-refractivity contribution in [1.29, 1.82) is 0 Å². The van der Waals surface area contributed by atoms with Crippen molar-refractivity contribution in [3.63, 3.8) is 0 Å². The first kappa shape index (κ1) is 16.1. The predicted molar refractivity (Wildman–Crippen MR) is 105 cm³/mol. The number of nitrogens with one attached hydrogen (secondary N) is 3. The number of hydrogen-bond donors (Lipinski definition) is 3. The number of pyridine rings is 1. The number of aromatic nitrogens is 5. The van der Waals surface area contributed by atoms with Crippen molar-refractivity contribution in [3.8, 4) is 0 Å². The molecule has 3 aromatic heterocycles. The van der Waals surface area contributed by atoms with E-state index in [1.165, 1.54) is 0 Å². The summed E-state index contributed by atoms with van der Waals surface area (Å²) in [5.74, 6) is 1.51. The Bertz CT molecular complexity index is 1090. The Kier molecular flexibility index (Phi) is 3.90. The number of anilines is 3. The van der Waals surface area contributed by atoms with Gasteiger partial charge in [0.15, 0.2) is 5.65 Å². The van der Waals surface area contributed by atoms with Crippen molar-refractivity contribution in [1.82, 2.24) is 24.8 Å². The van der Waals surface area contributed by atoms with Gasteiger partial charge < -0.3 is 15.4 Å². The molecule has 1 saturated heterocycles. The quantitative estimate of drug-likeness (QED) is 0.515. The molecule has 138 valence electrons. The molecule has 0 bridgehead atoms. The number of aromatic amines is 1. The van der Waals surface area contributed by atoms with Crippen LogP contribution >= 0.6 is 0 Å². The van der Waals surface area contributed by atoms with Gasteiger partial charge in [-0.2, -0.15) is 14.6 Å². The van der Waals surface area contributed by atoms with Crippen LogP contribution in [0.2, 0.25) is 0 Å². The molecule has 8 heteroatoms. The second-order valence-electron chi connectivity index (χ2n) is 6.84. The molecule has 0 radical (unpaired) electrons. The van der Waals surface area contributed by atoms with Crippen LogP contribution in [-0.2, 0) is 4.74 Å². The summed E-state index contributed by atoms with van der Waals surface area (Å²) in [6.07, 6.45) is 2.00. The lowest BCUT2D eigenvalue weighted by Gasteiger charge is -2.24. The molecule has 0 spiro atoms. The van der Waals surface area contributed by atoms with E-state index in [1.807, 2.05) is 47.8 Å². The molecule has 1 aliphatic heterocycles. The fourth-order valence-electron chi connectivity index (χ4n) is 3.48. The van der Waals surface area contributed by atoms with Gasteiger partial charge in [-0.3, -0.25) is 5.10 Å². The number of fused-ring (bicyclic) bond motifs is 2. The molecule has 3 N–H and O–H groups in total. The third kappa shape index (κ3) is 3.08. The number of benzene rings is 1. The predicted octanol–water partition coefficient (Wildman–Crippen LogP) is 3.25. The Labute approximate surface area is 155 Å². The van der Waals surface area contributed by atoms with E-state index in [2.05, 4.69) is 30.9 Å². The van der Waals surface area contributed by atoms with Gasteiger partial charge in [-0.25, -0.2) is 0 Å². The highest BCUT2D eigenvalue weighted by Crippen LogP contribution is 2.23. The molecule has 5 rings (SSSR count). The average molecular weight is 363 g/mol. The van der Waals surface area contributed by atoms with E-state index < -0.39 is 0 Å². The van der Waals surface area contributed by atoms with Crippen molar-refractivity contribution in [2.75, 3.05) is 23.8 Å². The number of hydrogen-bond acceptors (Lipinski definition) is 6. The van der Waals surface area contributed by atoms with E-state index in [-0.39, 0.29) is 0 Å². The number of aryl methyl sites for hydroxylation is 1. The van der Waals surface area contributed by atoms with Crippen molar-refractivity contribution in [2.45, 2.75) is 25.8 Å². The number of H-pyrrole nitrogens is 1. The van der Waals surface area contributed by atoms with Crippen LogP contribution in [0.4, 0.5) is 17.5 Å². The lowest BCUT2D eigenvalue weighted by molar-refractivity contribution is 0.0903. The van der Waals surface area contributed by atoms with E-state index >= 15 is 0 Å². The Balaban J connectivity index is 1.42. The van der Waals surface area contributed by atoms with Crippen LogP contribution in [0.25, 0.3) is 16.6 Å². The first-order valence-corrected chi connectivity index (χ1v) is 9.18. The molecule has 1 fully saturated rings. The molecule has 8 nitrogen and oxygen atoms in total. The van der Waals surface area contributed by atoms with Crippen molar-refractivity contribution in [2.24, 2.45) is 0 Å². The first-order chi connectivity index (χ1) is 13.3. The molecular weight excluding hydrogens is 342 g/mol. The molecule has 27 heavy (non-hydrogen) atoms. The van der Waals surface area contributed by atoms with Crippen LogP contribution < -0.4 is 10.6 Å². The zero-order chi connectivity index (χ0) is 18.2. The summed E-state index contributed by atoms with van der Waals surface area (Å²) in [7, 11) is 0. The van der Waals surface area contributed by atoms with E-state index in [0.29, 0.717) is 12.0 Å². The van der Waals surface area contributed by atoms with Crippen LogP contribution in [0.1, 0.15) is 18.5 Å². The zero-order valence-corrected chi connectivity index (χ0v) is 15.1. The summed E-state index contributed by atoms with van der Waals surface area (Å²) >= 11 is 0. The Hall–Kier alpha value is -3.13. The fraction of sp³-hybridized carbons (Fsp3) is 0.316. The van der Waals surface area contributed by atoms with Crippen LogP contribution in [0, 0.1) is 6.92 Å². The number of nitrogens with zero attached hydrogens (tertiary/aromatic N) is 4. The van der Waals surface area contributed by atoms with Crippen LogP contribution in [-0.4, -0.2) is 44.1 Å². The van der Waals surface area contributed by atoms with Crippen LogP contribution in [0.15, 0.2) is 36.4 Å². The maximum Gasteiger partial charge on any atom is 0.247 e. The molecule has 0 amide bonds. The maximum absolute atomic E-state index is 5.44. The molecule has 0 atom stereocenters. The Morgan fingerprint density at radius 2 is 2.07 bits per heavy atom. The lowest BCUT2D eigenvalue weighted by atomic mass is 10.1. The van der Waals surface area contributed by atoms with Gasteiger partial charge in [0.2, 0.25) is 5.95 Å². The minimum atomic E-state index is 0.399. The van der Waals surface area contributed by atoms with Gasteiger partial charge in [0.25, 0.3) is 0 Å². The second-order valence-corrected chi connectivity index (χ2v) is 6.84. The zero-order valence-electron chi connectivity index (χ0n) is 15.1. The van der Waals surface area contributed by atoms with Crippen LogP contribution in [0.5, 0.6) is 0 Å². The molecule has 0 unspecified atom stereocenters. The highest BCUT2D eigenvalue weighted by Gasteiger charge is 2.15. The van der Waals surface area contributed by atoms with Gasteiger partial charge in [0, 0.05) is 30.3 Å². The number of ether oxygens (including phenoxy) is 1. The first-order valence-electron chi connectivity index (χ1n) is 9.18. The maximum atomic E-state index is 5.44. The Morgan fingerprint density at radius 3 is 2.96 bits per heavy atom. The smallest absolute Gasteiger partial charge is 0.247 e. The molecule has 0 aliphatic carbocycles. The molecule has 4 aromatic rings. The SMILES string of the molecule is Cc1n[nH]c2cc(Nc3nc4cccc(NC5CCOCC5)n4n3)ccc12. The monoisotopic (exact) mass is 363 g/mol. The minimum absolute atomic E-state index is 0.399. The molecule has 1 aromatic carbocycles. The van der Waals surface area contributed by atoms with Crippen molar-refractivity contribution >= 4 is 34.0 Å². The van der Waals surface area contributed by atoms with Crippen molar-refractivity contribution in [3.05, 3.63) is 42.1 Å². The van der Waals surface area contributed by atoms with E-state index in [0.717, 1.165) is 59.8 Å². The van der Waals surface area contributed by atoms with Crippen LogP contribution in [0.3, 0.4) is 0 Å². The summed E-state index contributed by atoms with van der Waals surface area (Å²) < 4.78 is 7.28. The number of rotatable bonds is 4. The van der Waals surface area contributed by atoms with Gasteiger partial charge >= 0.3 is 0 Å². The van der Waals surface area contributed by atoms with Gasteiger partial charge in [-0.05, 0) is 50.1 Å². The fourth-order valence-corrected chi connectivity index (χ4v) is 3.48. The third-order valence-corrected chi connectivity index (χ3v) is 4.94. The standard InChI is InChI=1S/C19H21N7O/c1-12-15-6-5-14(11-16(15)24-23-12)21-19-22-18-4-2-3-17(26(18)25-19)20-13-7-9-27-10-8-13/h2-6,11,13,20H,7-10H2,1H3,(H,21,25)(H,23,24). The molecule has 1 aliphatic rings. The van der Waals surface area contributed by atoms with Crippen molar-refractivity contribution < 1.29 is 4.74 Å². The summed E-state index contributed by atoms with van der Waals surface area (Å²) in [6, 6.07) is 12.4. The highest BCUT2D eigenvalue weighted by molar-refractivity contribution is 5.85. The third-order valence-electron chi connectivity index (χ3n) is 4.94. The van der Waals surface area contributed by atoms with Gasteiger partial charge in [-0.1, -0.05) is 6.07 Å². The minimum Gasteiger partial charge on any atom is -0.381 e. The summed E-state index contributed by atoms with van der Waals surface area (Å²) in [6.45, 7) is 3.59.